The van der Waals surface area contributed by atoms with Crippen LogP contribution < -0.4 is 16.0 Å². The molecular formula is C13H21N3O2. The average molecular weight is 251 g/mol. The van der Waals surface area contributed by atoms with Crippen molar-refractivity contribution >= 4 is 17.4 Å². The molecule has 0 aliphatic heterocycles. The van der Waals surface area contributed by atoms with E-state index in [9.17, 15) is 4.79 Å². The highest BCUT2D eigenvalue weighted by Crippen LogP contribution is 2.15. The van der Waals surface area contributed by atoms with Gasteiger partial charge in [-0.3, -0.25) is 0 Å². The number of urea groups is 1. The van der Waals surface area contributed by atoms with Crippen LogP contribution in [0.1, 0.15) is 13.8 Å². The van der Waals surface area contributed by atoms with Crippen LogP contribution in [0, 0.1) is 0 Å². The fourth-order valence-corrected chi connectivity index (χ4v) is 1.43. The van der Waals surface area contributed by atoms with Crippen molar-refractivity contribution in [3.05, 3.63) is 24.3 Å². The molecule has 100 valence electrons. The van der Waals surface area contributed by atoms with Crippen molar-refractivity contribution in [3.63, 3.8) is 0 Å². The van der Waals surface area contributed by atoms with Crippen LogP contribution >= 0.6 is 0 Å². The predicted octanol–water partition coefficient (Wildman–Crippen LogP) is 2.27. The Morgan fingerprint density at radius 1 is 1.17 bits per heavy atom. The number of hydrogen-bond donors (Lipinski definition) is 3. The molecule has 0 spiro atoms. The van der Waals surface area contributed by atoms with E-state index in [0.717, 1.165) is 11.4 Å². The molecule has 5 heteroatoms. The lowest BCUT2D eigenvalue weighted by Crippen LogP contribution is -2.29. The molecule has 1 aromatic rings. The lowest BCUT2D eigenvalue weighted by atomic mass is 10.2. The molecule has 1 rings (SSSR count). The summed E-state index contributed by atoms with van der Waals surface area (Å²) in [6, 6.07) is 7.53. The van der Waals surface area contributed by atoms with Gasteiger partial charge in [-0.05, 0) is 38.1 Å². The molecule has 0 radical (unpaired) electrons. The molecule has 0 heterocycles. The van der Waals surface area contributed by atoms with Gasteiger partial charge in [0, 0.05) is 31.6 Å². The summed E-state index contributed by atoms with van der Waals surface area (Å²) in [7, 11) is 3.28. The number of carbonyl (C=O) groups is 1. The maximum atomic E-state index is 11.1. The Labute approximate surface area is 108 Å². The zero-order valence-electron chi connectivity index (χ0n) is 11.3. The van der Waals surface area contributed by atoms with Gasteiger partial charge < -0.3 is 20.7 Å². The van der Waals surface area contributed by atoms with Crippen molar-refractivity contribution in [2.24, 2.45) is 0 Å². The second kappa shape index (κ2) is 6.86. The summed E-state index contributed by atoms with van der Waals surface area (Å²) in [6.45, 7) is 4.07. The van der Waals surface area contributed by atoms with Gasteiger partial charge in [0.15, 0.2) is 0 Å². The lowest BCUT2D eigenvalue weighted by Gasteiger charge is -2.21. The second-order valence-electron chi connectivity index (χ2n) is 4.16. The van der Waals surface area contributed by atoms with Crippen LogP contribution in [0.15, 0.2) is 24.3 Å². The summed E-state index contributed by atoms with van der Waals surface area (Å²) in [6.07, 6.45) is 0.133. The molecule has 0 saturated carbocycles. The average Bonchev–Trinajstić information content (AvgIpc) is 2.39. The molecule has 2 amide bonds. The first-order chi connectivity index (χ1) is 8.56. The first-order valence-electron chi connectivity index (χ1n) is 5.95. The van der Waals surface area contributed by atoms with Crippen LogP contribution in [0.5, 0.6) is 0 Å². The SMILES string of the molecule is CNC(=O)Nc1ccc(NC(C)C(C)OC)cc1. The van der Waals surface area contributed by atoms with Gasteiger partial charge in [-0.1, -0.05) is 0 Å². The number of carbonyl (C=O) groups excluding carboxylic acids is 1. The third-order valence-electron chi connectivity index (χ3n) is 2.84. The number of nitrogens with one attached hydrogen (secondary N) is 3. The Balaban J connectivity index is 2.57. The van der Waals surface area contributed by atoms with Gasteiger partial charge >= 0.3 is 6.03 Å². The van der Waals surface area contributed by atoms with Crippen molar-refractivity contribution in [1.82, 2.24) is 5.32 Å². The highest BCUT2D eigenvalue weighted by Gasteiger charge is 2.10. The van der Waals surface area contributed by atoms with Crippen molar-refractivity contribution in [2.45, 2.75) is 26.0 Å². The molecule has 2 unspecified atom stereocenters. The van der Waals surface area contributed by atoms with Crippen molar-refractivity contribution in [2.75, 3.05) is 24.8 Å². The third kappa shape index (κ3) is 4.25. The van der Waals surface area contributed by atoms with Gasteiger partial charge in [-0.25, -0.2) is 4.79 Å². The molecule has 0 bridgehead atoms. The molecule has 5 nitrogen and oxygen atoms in total. The van der Waals surface area contributed by atoms with Crippen molar-refractivity contribution in [3.8, 4) is 0 Å². The summed E-state index contributed by atoms with van der Waals surface area (Å²) in [5, 5.41) is 8.54. The highest BCUT2D eigenvalue weighted by atomic mass is 16.5. The van der Waals surface area contributed by atoms with E-state index >= 15 is 0 Å². The number of methoxy groups -OCH3 is 1. The van der Waals surface area contributed by atoms with Crippen LogP contribution in [0.3, 0.4) is 0 Å². The van der Waals surface area contributed by atoms with Gasteiger partial charge in [-0.2, -0.15) is 0 Å². The maximum absolute atomic E-state index is 11.1. The zero-order valence-corrected chi connectivity index (χ0v) is 11.3. The van der Waals surface area contributed by atoms with E-state index in [4.69, 9.17) is 4.74 Å². The minimum absolute atomic E-state index is 0.133. The van der Waals surface area contributed by atoms with Crippen LogP contribution in [0.4, 0.5) is 16.2 Å². The molecule has 0 saturated heterocycles. The largest absolute Gasteiger partial charge is 0.380 e. The van der Waals surface area contributed by atoms with Crippen molar-refractivity contribution in [1.29, 1.82) is 0 Å². The molecule has 3 N–H and O–H groups in total. The number of ether oxygens (including phenoxy) is 1. The van der Waals surface area contributed by atoms with E-state index in [1.54, 1.807) is 14.2 Å². The summed E-state index contributed by atoms with van der Waals surface area (Å²) >= 11 is 0. The van der Waals surface area contributed by atoms with Gasteiger partial charge in [-0.15, -0.1) is 0 Å². The fraction of sp³-hybridized carbons (Fsp3) is 0.462. The number of hydrogen-bond acceptors (Lipinski definition) is 3. The molecule has 18 heavy (non-hydrogen) atoms. The molecule has 0 aromatic heterocycles. The normalized spacial score (nSPS) is 13.6. The fourth-order valence-electron chi connectivity index (χ4n) is 1.43. The number of amides is 2. The zero-order chi connectivity index (χ0) is 13.5. The van der Waals surface area contributed by atoms with Crippen LogP contribution in [-0.2, 0) is 4.74 Å². The van der Waals surface area contributed by atoms with Crippen LogP contribution in [0.2, 0.25) is 0 Å². The molecule has 0 aliphatic carbocycles. The van der Waals surface area contributed by atoms with Crippen LogP contribution in [0.25, 0.3) is 0 Å². The van der Waals surface area contributed by atoms with E-state index in [0.29, 0.717) is 0 Å². The Morgan fingerprint density at radius 3 is 2.22 bits per heavy atom. The Bertz CT molecular complexity index is 378. The standard InChI is InChI=1S/C13H21N3O2/c1-9(10(2)18-4)15-11-5-7-12(8-6-11)16-13(17)14-3/h5-10,15H,1-4H3,(H2,14,16,17). The molecule has 1 aromatic carbocycles. The predicted molar refractivity (Wildman–Crippen MR) is 74.1 cm³/mol. The molecule has 0 aliphatic rings. The summed E-state index contributed by atoms with van der Waals surface area (Å²) in [5.41, 5.74) is 1.75. The Morgan fingerprint density at radius 2 is 1.72 bits per heavy atom. The molecule has 0 fully saturated rings. The first kappa shape index (κ1) is 14.3. The third-order valence-corrected chi connectivity index (χ3v) is 2.84. The number of anilines is 2. The minimum atomic E-state index is -0.225. The van der Waals surface area contributed by atoms with Gasteiger partial charge in [0.05, 0.1) is 6.10 Å². The van der Waals surface area contributed by atoms with E-state index in [2.05, 4.69) is 22.9 Å². The van der Waals surface area contributed by atoms with E-state index < -0.39 is 0 Å². The number of rotatable bonds is 5. The Kier molecular flexibility index (Phi) is 5.45. The van der Waals surface area contributed by atoms with E-state index in [1.807, 2.05) is 31.2 Å². The monoisotopic (exact) mass is 251 g/mol. The van der Waals surface area contributed by atoms with Crippen LogP contribution in [-0.4, -0.2) is 32.3 Å². The summed E-state index contributed by atoms with van der Waals surface area (Å²) in [4.78, 5) is 11.1. The quantitative estimate of drug-likeness (QED) is 0.752. The smallest absolute Gasteiger partial charge is 0.318 e. The maximum Gasteiger partial charge on any atom is 0.318 e. The first-order valence-corrected chi connectivity index (χ1v) is 5.95. The Hall–Kier alpha value is -1.75. The molecular weight excluding hydrogens is 230 g/mol. The summed E-state index contributed by atoms with van der Waals surface area (Å²) < 4.78 is 5.25. The van der Waals surface area contributed by atoms with E-state index in [1.165, 1.54) is 0 Å². The van der Waals surface area contributed by atoms with Gasteiger partial charge in [0.2, 0.25) is 0 Å². The van der Waals surface area contributed by atoms with Gasteiger partial charge in [0.25, 0.3) is 0 Å². The second-order valence-corrected chi connectivity index (χ2v) is 4.16. The minimum Gasteiger partial charge on any atom is -0.380 e. The lowest BCUT2D eigenvalue weighted by molar-refractivity contribution is 0.106. The topological polar surface area (TPSA) is 62.4 Å². The highest BCUT2D eigenvalue weighted by molar-refractivity contribution is 5.89. The number of benzene rings is 1. The molecule has 2 atom stereocenters. The van der Waals surface area contributed by atoms with Gasteiger partial charge in [0.1, 0.15) is 0 Å². The summed E-state index contributed by atoms with van der Waals surface area (Å²) in [5.74, 6) is 0. The van der Waals surface area contributed by atoms with E-state index in [-0.39, 0.29) is 18.2 Å². The van der Waals surface area contributed by atoms with Crippen molar-refractivity contribution < 1.29 is 9.53 Å².